The van der Waals surface area contributed by atoms with Crippen LogP contribution in [0.3, 0.4) is 0 Å². The fourth-order valence-corrected chi connectivity index (χ4v) is 2.45. The van der Waals surface area contributed by atoms with Crippen LogP contribution in [0.4, 0.5) is 8.78 Å². The van der Waals surface area contributed by atoms with E-state index in [2.05, 4.69) is 10.1 Å². The average molecular weight is 249 g/mol. The van der Waals surface area contributed by atoms with Crippen LogP contribution in [0.2, 0.25) is 0 Å². The Bertz CT molecular complexity index is 298. The molecule has 1 aliphatic heterocycles. The summed E-state index contributed by atoms with van der Waals surface area (Å²) in [6.07, 6.45) is 1.17. The van der Waals surface area contributed by atoms with Gasteiger partial charge in [-0.05, 0) is 18.8 Å². The largest absolute Gasteiger partial charge is 0.456 e. The number of cyclic esters (lactones) is 1. The standard InChI is InChI=1S/C11H17F2NO3/c12-11(13)4-8(17-10(11)16)6-14-5-7-2-1-3-9(7)15/h7-9,14-15H,1-6H2. The average Bonchev–Trinajstić information content (AvgIpc) is 2.73. The first-order chi connectivity index (χ1) is 7.99. The van der Waals surface area contributed by atoms with Crippen molar-refractivity contribution in [1.29, 1.82) is 0 Å². The van der Waals surface area contributed by atoms with Gasteiger partial charge >= 0.3 is 11.9 Å². The maximum absolute atomic E-state index is 12.8. The van der Waals surface area contributed by atoms with Gasteiger partial charge in [-0.15, -0.1) is 0 Å². The zero-order valence-electron chi connectivity index (χ0n) is 9.49. The number of carbonyl (C=O) groups is 1. The van der Waals surface area contributed by atoms with Gasteiger partial charge in [-0.25, -0.2) is 4.79 Å². The lowest BCUT2D eigenvalue weighted by Crippen LogP contribution is -2.33. The number of nitrogens with one attached hydrogen (secondary N) is 1. The van der Waals surface area contributed by atoms with Crippen LogP contribution >= 0.6 is 0 Å². The fraction of sp³-hybridized carbons (Fsp3) is 0.909. The minimum absolute atomic E-state index is 0.188. The van der Waals surface area contributed by atoms with Crippen molar-refractivity contribution in [1.82, 2.24) is 5.32 Å². The van der Waals surface area contributed by atoms with Crippen molar-refractivity contribution >= 4 is 5.97 Å². The molecule has 3 unspecified atom stereocenters. The Hall–Kier alpha value is -0.750. The molecule has 2 N–H and O–H groups in total. The zero-order chi connectivity index (χ0) is 12.5. The summed E-state index contributed by atoms with van der Waals surface area (Å²) >= 11 is 0. The molecule has 0 radical (unpaired) electrons. The molecule has 6 heteroatoms. The van der Waals surface area contributed by atoms with Crippen molar-refractivity contribution in [3.63, 3.8) is 0 Å². The highest BCUT2D eigenvalue weighted by atomic mass is 19.3. The Labute approximate surface area is 98.3 Å². The number of hydrogen-bond donors (Lipinski definition) is 2. The molecule has 17 heavy (non-hydrogen) atoms. The van der Waals surface area contributed by atoms with Crippen molar-refractivity contribution in [3.05, 3.63) is 0 Å². The second-order valence-corrected chi connectivity index (χ2v) is 4.85. The van der Waals surface area contributed by atoms with Crippen molar-refractivity contribution in [2.24, 2.45) is 5.92 Å². The van der Waals surface area contributed by atoms with Gasteiger partial charge in [0.2, 0.25) is 0 Å². The lowest BCUT2D eigenvalue weighted by molar-refractivity contribution is -0.159. The third-order valence-corrected chi connectivity index (χ3v) is 3.45. The van der Waals surface area contributed by atoms with Crippen LogP contribution in [0.15, 0.2) is 0 Å². The van der Waals surface area contributed by atoms with Crippen LogP contribution in [-0.4, -0.2) is 42.3 Å². The van der Waals surface area contributed by atoms with E-state index in [4.69, 9.17) is 0 Å². The first-order valence-corrected chi connectivity index (χ1v) is 5.97. The van der Waals surface area contributed by atoms with E-state index < -0.39 is 24.4 Å². The molecule has 0 bridgehead atoms. The first kappa shape index (κ1) is 12.7. The normalized spacial score (nSPS) is 36.2. The second kappa shape index (κ2) is 4.86. The summed E-state index contributed by atoms with van der Waals surface area (Å²) in [5.74, 6) is -4.57. The summed E-state index contributed by atoms with van der Waals surface area (Å²) in [4.78, 5) is 10.7. The Morgan fingerprint density at radius 2 is 2.18 bits per heavy atom. The molecule has 1 aliphatic carbocycles. The molecular formula is C11H17F2NO3. The second-order valence-electron chi connectivity index (χ2n) is 4.85. The predicted octanol–water partition coefficient (Wildman–Crippen LogP) is 0.688. The molecule has 2 rings (SSSR count). The topological polar surface area (TPSA) is 58.6 Å². The predicted molar refractivity (Wildman–Crippen MR) is 55.7 cm³/mol. The highest BCUT2D eigenvalue weighted by Gasteiger charge is 2.50. The smallest absolute Gasteiger partial charge is 0.377 e. The summed E-state index contributed by atoms with van der Waals surface area (Å²) in [5, 5.41) is 12.5. The highest BCUT2D eigenvalue weighted by molar-refractivity contribution is 5.79. The molecule has 1 saturated heterocycles. The summed E-state index contributed by atoms with van der Waals surface area (Å²) < 4.78 is 30.2. The number of aliphatic hydroxyl groups is 1. The lowest BCUT2D eigenvalue weighted by atomic mass is 10.1. The van der Waals surface area contributed by atoms with E-state index in [9.17, 15) is 18.7 Å². The molecule has 0 spiro atoms. The van der Waals surface area contributed by atoms with Crippen molar-refractivity contribution in [2.45, 2.75) is 43.8 Å². The molecule has 2 fully saturated rings. The number of halogens is 2. The van der Waals surface area contributed by atoms with Gasteiger partial charge in [0, 0.05) is 13.1 Å². The Kier molecular flexibility index (Phi) is 3.63. The molecule has 1 saturated carbocycles. The summed E-state index contributed by atoms with van der Waals surface area (Å²) in [6.45, 7) is 0.811. The van der Waals surface area contributed by atoms with Gasteiger partial charge < -0.3 is 15.2 Å². The Morgan fingerprint density at radius 1 is 1.41 bits per heavy atom. The molecule has 2 aliphatic rings. The molecule has 98 valence electrons. The fourth-order valence-electron chi connectivity index (χ4n) is 2.45. The molecule has 0 aromatic rings. The van der Waals surface area contributed by atoms with Crippen LogP contribution in [0.25, 0.3) is 0 Å². The van der Waals surface area contributed by atoms with Gasteiger partial charge in [0.25, 0.3) is 0 Å². The Balaban J connectivity index is 1.68. The number of aliphatic hydroxyl groups excluding tert-OH is 1. The summed E-state index contributed by atoms with van der Waals surface area (Å²) in [6, 6.07) is 0. The molecule has 1 heterocycles. The zero-order valence-corrected chi connectivity index (χ0v) is 9.49. The van der Waals surface area contributed by atoms with Crippen LogP contribution in [-0.2, 0) is 9.53 Å². The molecule has 0 aromatic heterocycles. The summed E-state index contributed by atoms with van der Waals surface area (Å²) in [5.41, 5.74) is 0. The van der Waals surface area contributed by atoms with Crippen LogP contribution in [0, 0.1) is 5.92 Å². The number of alkyl halides is 2. The van der Waals surface area contributed by atoms with Gasteiger partial charge in [-0.1, -0.05) is 6.42 Å². The van der Waals surface area contributed by atoms with Crippen LogP contribution in [0.5, 0.6) is 0 Å². The van der Waals surface area contributed by atoms with E-state index in [-0.39, 0.29) is 18.6 Å². The first-order valence-electron chi connectivity index (χ1n) is 5.97. The number of carbonyl (C=O) groups excluding carboxylic acids is 1. The number of hydrogen-bond acceptors (Lipinski definition) is 4. The monoisotopic (exact) mass is 249 g/mol. The third kappa shape index (κ3) is 2.93. The molecule has 0 amide bonds. The third-order valence-electron chi connectivity index (χ3n) is 3.45. The van der Waals surface area contributed by atoms with Gasteiger partial charge in [-0.3, -0.25) is 0 Å². The maximum Gasteiger partial charge on any atom is 0.377 e. The van der Waals surface area contributed by atoms with E-state index in [0.29, 0.717) is 6.54 Å². The molecule has 0 aromatic carbocycles. The quantitative estimate of drug-likeness (QED) is 0.720. The summed E-state index contributed by atoms with van der Waals surface area (Å²) in [7, 11) is 0. The molecule has 4 nitrogen and oxygen atoms in total. The van der Waals surface area contributed by atoms with Crippen molar-refractivity contribution in [2.75, 3.05) is 13.1 Å². The van der Waals surface area contributed by atoms with E-state index >= 15 is 0 Å². The Morgan fingerprint density at radius 3 is 2.71 bits per heavy atom. The van der Waals surface area contributed by atoms with Crippen LogP contribution < -0.4 is 5.32 Å². The van der Waals surface area contributed by atoms with E-state index in [0.717, 1.165) is 19.3 Å². The van der Waals surface area contributed by atoms with Gasteiger partial charge in [0.1, 0.15) is 6.10 Å². The SMILES string of the molecule is O=C1OC(CNCC2CCCC2O)CC1(F)F. The van der Waals surface area contributed by atoms with E-state index in [1.54, 1.807) is 0 Å². The van der Waals surface area contributed by atoms with E-state index in [1.165, 1.54) is 0 Å². The minimum Gasteiger partial charge on any atom is -0.456 e. The highest BCUT2D eigenvalue weighted by Crippen LogP contribution is 2.30. The van der Waals surface area contributed by atoms with Gasteiger partial charge in [-0.2, -0.15) is 8.78 Å². The van der Waals surface area contributed by atoms with Crippen molar-refractivity contribution in [3.8, 4) is 0 Å². The molecular weight excluding hydrogens is 232 g/mol. The lowest BCUT2D eigenvalue weighted by Gasteiger charge is -2.16. The van der Waals surface area contributed by atoms with Crippen LogP contribution in [0.1, 0.15) is 25.7 Å². The minimum atomic E-state index is -3.33. The van der Waals surface area contributed by atoms with E-state index in [1.807, 2.05) is 0 Å². The van der Waals surface area contributed by atoms with Gasteiger partial charge in [0.15, 0.2) is 0 Å². The number of rotatable bonds is 4. The number of ether oxygens (including phenoxy) is 1. The van der Waals surface area contributed by atoms with Gasteiger partial charge in [0.05, 0.1) is 12.5 Å². The van der Waals surface area contributed by atoms with Crippen molar-refractivity contribution < 1.29 is 23.4 Å². The number of esters is 1. The molecule has 3 atom stereocenters. The maximum atomic E-state index is 12.8.